The Labute approximate surface area is 291 Å². The largest absolute Gasteiger partial charge is 0.498 e. The molecule has 0 saturated carbocycles. The van der Waals surface area contributed by atoms with Gasteiger partial charge in [-0.15, -0.1) is 11.3 Å². The number of carbonyl (C=O) groups excluding carboxylic acids is 1. The number of hydrogen-bond acceptors (Lipinski definition) is 7. The van der Waals surface area contributed by atoms with Crippen LogP contribution in [-0.2, 0) is 21.5 Å². The number of carbonyl (C=O) groups is 1. The molecule has 0 spiro atoms. The fraction of sp³-hybridized carbons (Fsp3) is 0.263. The summed E-state index contributed by atoms with van der Waals surface area (Å²) in [6, 6.07) is 9.72. The molecule has 254 valence electrons. The smallest absolute Gasteiger partial charge is 0.246 e. The van der Waals surface area contributed by atoms with Gasteiger partial charge in [-0.3, -0.25) is 9.48 Å². The highest BCUT2D eigenvalue weighted by Crippen LogP contribution is 2.59. The Morgan fingerprint density at radius 2 is 2.02 bits per heavy atom. The van der Waals surface area contributed by atoms with Crippen LogP contribution >= 0.6 is 11.3 Å². The summed E-state index contributed by atoms with van der Waals surface area (Å²) in [5, 5.41) is 18.0. The van der Waals surface area contributed by atoms with Crippen LogP contribution in [0.25, 0.3) is 32.5 Å². The lowest BCUT2D eigenvalue weighted by Gasteiger charge is -2.33. The van der Waals surface area contributed by atoms with Gasteiger partial charge in [0.25, 0.3) is 0 Å². The normalized spacial score (nSPS) is 21.4. The second kappa shape index (κ2) is 12.0. The van der Waals surface area contributed by atoms with Gasteiger partial charge in [-0.2, -0.15) is 5.10 Å². The van der Waals surface area contributed by atoms with E-state index in [1.807, 2.05) is 60.5 Å². The SMILES string of the molecule is C=CC(=O)N1CCn2nc(C34C[C@H](C)O/C=C\COc5cc([NH2+]C)c(C=N)cc5-c5nc3c(c3sccc53)-c3c(F)cc(F)cc34)cc2[C@@H]1C. The van der Waals surface area contributed by atoms with Gasteiger partial charge in [0.05, 0.1) is 65.8 Å². The maximum Gasteiger partial charge on any atom is 0.246 e. The molecule has 0 saturated heterocycles. The van der Waals surface area contributed by atoms with Gasteiger partial charge in [0.2, 0.25) is 5.91 Å². The average molecular weight is 694 g/mol. The molecule has 3 N–H and O–H groups in total. The molecule has 1 aliphatic carbocycles. The Kier molecular flexibility index (Phi) is 7.68. The van der Waals surface area contributed by atoms with E-state index in [9.17, 15) is 4.79 Å². The molecule has 2 aliphatic heterocycles. The maximum atomic E-state index is 16.4. The first-order chi connectivity index (χ1) is 24.2. The molecule has 50 heavy (non-hydrogen) atoms. The molecule has 1 amide bonds. The third-order valence-corrected chi connectivity index (χ3v) is 11.1. The first-order valence-electron chi connectivity index (χ1n) is 16.5. The van der Waals surface area contributed by atoms with Gasteiger partial charge in [0, 0.05) is 58.1 Å². The molecule has 1 unspecified atom stereocenters. The van der Waals surface area contributed by atoms with Gasteiger partial charge in [-0.1, -0.05) is 6.58 Å². The van der Waals surface area contributed by atoms with E-state index < -0.39 is 23.2 Å². The number of halogens is 2. The predicted molar refractivity (Wildman–Crippen MR) is 188 cm³/mol. The lowest BCUT2D eigenvalue weighted by Crippen LogP contribution is -2.73. The molecule has 8 rings (SSSR count). The maximum absolute atomic E-state index is 16.4. The minimum atomic E-state index is -1.25. The number of nitrogens with two attached hydrogens (primary N) is 1. The second-order valence-electron chi connectivity index (χ2n) is 12.9. The highest BCUT2D eigenvalue weighted by atomic mass is 32.1. The number of ether oxygens (including phenoxy) is 2. The van der Waals surface area contributed by atoms with Crippen molar-refractivity contribution in [2.75, 3.05) is 20.2 Å². The third kappa shape index (κ3) is 4.65. The van der Waals surface area contributed by atoms with E-state index in [4.69, 9.17) is 25.0 Å². The number of quaternary nitrogens is 1. The second-order valence-corrected chi connectivity index (χ2v) is 13.8. The van der Waals surface area contributed by atoms with Crippen LogP contribution in [0.15, 0.2) is 66.8 Å². The number of thiophene rings is 1. The molecular formula is C38H35F2N6O3S+. The summed E-state index contributed by atoms with van der Waals surface area (Å²) in [6.45, 7) is 8.65. The summed E-state index contributed by atoms with van der Waals surface area (Å²) in [6.07, 6.45) is 5.79. The molecule has 2 aromatic carbocycles. The van der Waals surface area contributed by atoms with Gasteiger partial charge in [-0.25, -0.2) is 13.8 Å². The summed E-state index contributed by atoms with van der Waals surface area (Å²) in [7, 11) is 1.91. The Hall–Kier alpha value is -5.20. The molecule has 0 fully saturated rings. The number of benzene rings is 2. The molecule has 12 heteroatoms. The van der Waals surface area contributed by atoms with E-state index in [0.717, 1.165) is 27.5 Å². The number of fused-ring (bicyclic) bond motifs is 10. The topological polar surface area (TPSA) is 110 Å². The van der Waals surface area contributed by atoms with Crippen molar-refractivity contribution in [1.82, 2.24) is 19.7 Å². The van der Waals surface area contributed by atoms with Crippen molar-refractivity contribution in [3.8, 4) is 28.1 Å². The van der Waals surface area contributed by atoms with Crippen molar-refractivity contribution in [1.29, 1.82) is 5.41 Å². The number of pyridine rings is 1. The number of nitrogens with one attached hydrogen (secondary N) is 1. The Balaban J connectivity index is 1.49. The van der Waals surface area contributed by atoms with E-state index in [2.05, 4.69) is 6.58 Å². The van der Waals surface area contributed by atoms with E-state index >= 15 is 8.78 Å². The molecular weight excluding hydrogens is 659 g/mol. The molecule has 5 aromatic rings. The Bertz CT molecular complexity index is 2280. The van der Waals surface area contributed by atoms with Crippen molar-refractivity contribution in [3.05, 3.63) is 107 Å². The molecule has 2 bridgehead atoms. The fourth-order valence-electron chi connectivity index (χ4n) is 7.90. The zero-order chi connectivity index (χ0) is 34.9. The lowest BCUT2D eigenvalue weighted by atomic mass is 9.73. The first kappa shape index (κ1) is 32.0. The summed E-state index contributed by atoms with van der Waals surface area (Å²) < 4.78 is 47.1. The van der Waals surface area contributed by atoms with Crippen molar-refractivity contribution < 1.29 is 28.4 Å². The number of amides is 1. The minimum absolute atomic E-state index is 0.179. The number of aromatic nitrogens is 3. The number of hydrogen-bond donors (Lipinski definition) is 2. The van der Waals surface area contributed by atoms with E-state index in [1.165, 1.54) is 29.7 Å². The van der Waals surface area contributed by atoms with Crippen LogP contribution in [0.2, 0.25) is 0 Å². The quantitative estimate of drug-likeness (QED) is 0.129. The Morgan fingerprint density at radius 3 is 2.80 bits per heavy atom. The predicted octanol–water partition coefficient (Wildman–Crippen LogP) is 6.37. The highest BCUT2D eigenvalue weighted by Gasteiger charge is 2.52. The molecule has 3 aliphatic rings. The van der Waals surface area contributed by atoms with Crippen LogP contribution in [-0.4, -0.2) is 58.1 Å². The molecule has 3 atom stereocenters. The summed E-state index contributed by atoms with van der Waals surface area (Å²) in [4.78, 5) is 20.0. The third-order valence-electron chi connectivity index (χ3n) is 10.2. The Morgan fingerprint density at radius 1 is 1.18 bits per heavy atom. The van der Waals surface area contributed by atoms with E-state index in [-0.39, 0.29) is 30.5 Å². The lowest BCUT2D eigenvalue weighted by molar-refractivity contribution is -0.539. The minimum Gasteiger partial charge on any atom is -0.498 e. The molecule has 9 nitrogen and oxygen atoms in total. The van der Waals surface area contributed by atoms with Crippen LogP contribution in [0.4, 0.5) is 14.5 Å². The standard InChI is InChI=1S/C38H34F2N6O3S/c1-5-32(47)45-8-9-46-29(21(45)3)17-31(44-46)38-18-20(2)48-10-6-11-49-30-16-28(42-4)22(19-41)13-25(30)35-24-7-12-50-36(24)34(37(38)43-35)33-26(38)14-23(39)15-27(33)40/h5-7,10,12-17,19-21,41-42H,1,8-9,11,18H2,2-4H3/p+1/b10-6-,41-19?/t20-,21-,38?/m0/s1. The average Bonchev–Trinajstić information content (AvgIpc) is 3.83. The number of nitrogens with zero attached hydrogens (tertiary/aromatic N) is 4. The van der Waals surface area contributed by atoms with Crippen LogP contribution in [0.3, 0.4) is 0 Å². The highest BCUT2D eigenvalue weighted by molar-refractivity contribution is 7.18. The molecule has 3 aromatic heterocycles. The van der Waals surface area contributed by atoms with Gasteiger partial charge in [0.15, 0.2) is 0 Å². The first-order valence-corrected chi connectivity index (χ1v) is 17.4. The van der Waals surface area contributed by atoms with Crippen molar-refractivity contribution in [3.63, 3.8) is 0 Å². The van der Waals surface area contributed by atoms with Crippen LogP contribution < -0.4 is 10.1 Å². The summed E-state index contributed by atoms with van der Waals surface area (Å²) in [5.74, 6) is -0.996. The summed E-state index contributed by atoms with van der Waals surface area (Å²) >= 11 is 1.47. The fourth-order valence-corrected chi connectivity index (χ4v) is 8.85. The van der Waals surface area contributed by atoms with Gasteiger partial charge in [-0.05, 0) is 61.2 Å². The number of rotatable bonds is 4. The van der Waals surface area contributed by atoms with E-state index in [0.29, 0.717) is 58.2 Å². The summed E-state index contributed by atoms with van der Waals surface area (Å²) in [5.41, 5.74) is 4.77. The van der Waals surface area contributed by atoms with Gasteiger partial charge < -0.3 is 25.1 Å². The monoisotopic (exact) mass is 693 g/mol. The van der Waals surface area contributed by atoms with Crippen molar-refractivity contribution >= 4 is 39.2 Å². The van der Waals surface area contributed by atoms with Crippen LogP contribution in [0.1, 0.15) is 54.5 Å². The molecule has 5 heterocycles. The van der Waals surface area contributed by atoms with E-state index in [1.54, 1.807) is 17.2 Å². The van der Waals surface area contributed by atoms with Crippen molar-refractivity contribution in [2.24, 2.45) is 0 Å². The molecule has 0 radical (unpaired) electrons. The zero-order valence-corrected chi connectivity index (χ0v) is 28.6. The zero-order valence-electron chi connectivity index (χ0n) is 27.8. The van der Waals surface area contributed by atoms with Gasteiger partial charge in [0.1, 0.15) is 29.7 Å². The van der Waals surface area contributed by atoms with Gasteiger partial charge >= 0.3 is 0 Å². The van der Waals surface area contributed by atoms with Crippen molar-refractivity contribution in [2.45, 2.75) is 44.4 Å². The van der Waals surface area contributed by atoms with Crippen LogP contribution in [0.5, 0.6) is 5.75 Å². The van der Waals surface area contributed by atoms with Crippen LogP contribution in [0, 0.1) is 17.0 Å².